The van der Waals surface area contributed by atoms with E-state index in [0.29, 0.717) is 12.4 Å². The van der Waals surface area contributed by atoms with Crippen LogP contribution >= 0.6 is 0 Å². The van der Waals surface area contributed by atoms with Crippen LogP contribution in [0, 0.1) is 6.92 Å². The summed E-state index contributed by atoms with van der Waals surface area (Å²) in [7, 11) is 1.64. The third-order valence-corrected chi connectivity index (χ3v) is 1.43. The summed E-state index contributed by atoms with van der Waals surface area (Å²) >= 11 is 0. The Balaban J connectivity index is 2.89. The van der Waals surface area contributed by atoms with Gasteiger partial charge in [0.2, 0.25) is 0 Å². The Hall–Kier alpha value is -1.02. The Bertz CT molecular complexity index is 223. The highest BCUT2D eigenvalue weighted by atomic mass is 16.5. The van der Waals surface area contributed by atoms with Crippen molar-refractivity contribution in [3.8, 4) is 5.75 Å². The van der Waals surface area contributed by atoms with Crippen LogP contribution in [0.4, 0.5) is 0 Å². The zero-order valence-corrected chi connectivity index (χ0v) is 6.79. The number of ether oxygens (including phenoxy) is 1. The standard InChI is InChI=1S/C9H12O2/c1-7-3-8(6-11-2)5-9(10)4-7/h3-5,10H,6H2,1-2H3. The summed E-state index contributed by atoms with van der Waals surface area (Å²) in [4.78, 5) is 0. The van der Waals surface area contributed by atoms with Crippen LogP contribution in [-0.4, -0.2) is 12.2 Å². The minimum Gasteiger partial charge on any atom is -0.508 e. The molecule has 0 radical (unpaired) electrons. The van der Waals surface area contributed by atoms with Crippen molar-refractivity contribution in [2.45, 2.75) is 13.5 Å². The first-order valence-corrected chi connectivity index (χ1v) is 3.51. The highest BCUT2D eigenvalue weighted by molar-refractivity contribution is 5.32. The Labute approximate surface area is 66.4 Å². The van der Waals surface area contributed by atoms with Crippen LogP contribution < -0.4 is 0 Å². The van der Waals surface area contributed by atoms with Gasteiger partial charge < -0.3 is 9.84 Å². The molecule has 0 heterocycles. The third-order valence-electron chi connectivity index (χ3n) is 1.43. The maximum atomic E-state index is 9.16. The molecule has 0 unspecified atom stereocenters. The Kier molecular flexibility index (Phi) is 2.49. The van der Waals surface area contributed by atoms with Gasteiger partial charge in [0.25, 0.3) is 0 Å². The molecular formula is C9H12O2. The molecule has 1 aromatic rings. The number of methoxy groups -OCH3 is 1. The topological polar surface area (TPSA) is 29.5 Å². The number of aromatic hydroxyl groups is 1. The molecule has 1 aromatic carbocycles. The lowest BCUT2D eigenvalue weighted by atomic mass is 10.1. The van der Waals surface area contributed by atoms with Crippen LogP contribution in [0.15, 0.2) is 18.2 Å². The number of aryl methyl sites for hydroxylation is 1. The SMILES string of the molecule is COCc1cc(C)cc(O)c1. The number of hydrogen-bond donors (Lipinski definition) is 1. The summed E-state index contributed by atoms with van der Waals surface area (Å²) < 4.78 is 4.93. The first-order valence-electron chi connectivity index (χ1n) is 3.51. The van der Waals surface area contributed by atoms with Crippen LogP contribution in [-0.2, 0) is 11.3 Å². The molecular weight excluding hydrogens is 140 g/mol. The van der Waals surface area contributed by atoms with E-state index in [0.717, 1.165) is 11.1 Å². The molecule has 0 fully saturated rings. The van der Waals surface area contributed by atoms with Crippen molar-refractivity contribution in [3.05, 3.63) is 29.3 Å². The summed E-state index contributed by atoms with van der Waals surface area (Å²) in [5.41, 5.74) is 2.06. The molecule has 0 amide bonds. The second-order valence-electron chi connectivity index (χ2n) is 2.61. The molecule has 0 aliphatic heterocycles. The van der Waals surface area contributed by atoms with Crippen molar-refractivity contribution in [1.29, 1.82) is 0 Å². The maximum absolute atomic E-state index is 9.16. The van der Waals surface area contributed by atoms with E-state index < -0.39 is 0 Å². The van der Waals surface area contributed by atoms with Crippen LogP contribution in [0.5, 0.6) is 5.75 Å². The summed E-state index contributed by atoms with van der Waals surface area (Å²) in [6.45, 7) is 2.49. The molecule has 11 heavy (non-hydrogen) atoms. The van der Waals surface area contributed by atoms with Gasteiger partial charge in [-0.15, -0.1) is 0 Å². The van der Waals surface area contributed by atoms with Crippen molar-refractivity contribution >= 4 is 0 Å². The molecule has 1 N–H and O–H groups in total. The van der Waals surface area contributed by atoms with Crippen LogP contribution in [0.1, 0.15) is 11.1 Å². The lowest BCUT2D eigenvalue weighted by Crippen LogP contribution is -1.87. The van der Waals surface area contributed by atoms with Gasteiger partial charge in [0.1, 0.15) is 5.75 Å². The molecule has 0 aliphatic carbocycles. The van der Waals surface area contributed by atoms with Gasteiger partial charge in [-0.1, -0.05) is 6.07 Å². The number of rotatable bonds is 2. The summed E-state index contributed by atoms with van der Waals surface area (Å²) in [6.07, 6.45) is 0. The molecule has 0 saturated carbocycles. The van der Waals surface area contributed by atoms with E-state index in [1.807, 2.05) is 13.0 Å². The van der Waals surface area contributed by atoms with Crippen molar-refractivity contribution in [1.82, 2.24) is 0 Å². The van der Waals surface area contributed by atoms with Gasteiger partial charge in [0, 0.05) is 7.11 Å². The fourth-order valence-electron chi connectivity index (χ4n) is 1.09. The smallest absolute Gasteiger partial charge is 0.116 e. The van der Waals surface area contributed by atoms with Crippen LogP contribution in [0.2, 0.25) is 0 Å². The van der Waals surface area contributed by atoms with Gasteiger partial charge in [-0.3, -0.25) is 0 Å². The van der Waals surface area contributed by atoms with Crippen molar-refractivity contribution in [2.75, 3.05) is 7.11 Å². The van der Waals surface area contributed by atoms with Gasteiger partial charge in [-0.05, 0) is 30.2 Å². The van der Waals surface area contributed by atoms with E-state index in [-0.39, 0.29) is 0 Å². The van der Waals surface area contributed by atoms with Gasteiger partial charge in [-0.25, -0.2) is 0 Å². The number of benzene rings is 1. The van der Waals surface area contributed by atoms with E-state index >= 15 is 0 Å². The molecule has 0 aromatic heterocycles. The second kappa shape index (κ2) is 3.39. The minimum absolute atomic E-state index is 0.303. The molecule has 0 spiro atoms. The number of phenols is 1. The average molecular weight is 152 g/mol. The van der Waals surface area contributed by atoms with Crippen molar-refractivity contribution in [3.63, 3.8) is 0 Å². The van der Waals surface area contributed by atoms with E-state index in [2.05, 4.69) is 0 Å². The number of phenolic OH excluding ortho intramolecular Hbond substituents is 1. The van der Waals surface area contributed by atoms with Crippen LogP contribution in [0.3, 0.4) is 0 Å². The van der Waals surface area contributed by atoms with Gasteiger partial charge in [0.15, 0.2) is 0 Å². The van der Waals surface area contributed by atoms with Gasteiger partial charge in [0.05, 0.1) is 6.61 Å². The first-order chi connectivity index (χ1) is 5.22. The van der Waals surface area contributed by atoms with Gasteiger partial charge >= 0.3 is 0 Å². The molecule has 0 bridgehead atoms. The summed E-state index contributed by atoms with van der Waals surface area (Å²) in [5.74, 6) is 0.303. The molecule has 1 rings (SSSR count). The quantitative estimate of drug-likeness (QED) is 0.700. The minimum atomic E-state index is 0.303. The average Bonchev–Trinajstić information content (AvgIpc) is 1.85. The molecule has 0 saturated heterocycles. The second-order valence-corrected chi connectivity index (χ2v) is 2.61. The van der Waals surface area contributed by atoms with E-state index in [1.165, 1.54) is 0 Å². The normalized spacial score (nSPS) is 10.0. The third kappa shape index (κ3) is 2.24. The van der Waals surface area contributed by atoms with Crippen molar-refractivity contribution < 1.29 is 9.84 Å². The molecule has 2 nitrogen and oxygen atoms in total. The lowest BCUT2D eigenvalue weighted by molar-refractivity contribution is 0.184. The van der Waals surface area contributed by atoms with Crippen molar-refractivity contribution in [2.24, 2.45) is 0 Å². The van der Waals surface area contributed by atoms with E-state index in [9.17, 15) is 0 Å². The van der Waals surface area contributed by atoms with Gasteiger partial charge in [-0.2, -0.15) is 0 Å². The Morgan fingerprint density at radius 3 is 2.64 bits per heavy atom. The Morgan fingerprint density at radius 1 is 1.36 bits per heavy atom. The summed E-state index contributed by atoms with van der Waals surface area (Å²) in [5, 5.41) is 9.16. The molecule has 0 aliphatic rings. The predicted octanol–water partition coefficient (Wildman–Crippen LogP) is 1.85. The van der Waals surface area contributed by atoms with E-state index in [1.54, 1.807) is 19.2 Å². The fourth-order valence-corrected chi connectivity index (χ4v) is 1.09. The predicted molar refractivity (Wildman–Crippen MR) is 43.6 cm³/mol. The Morgan fingerprint density at radius 2 is 2.09 bits per heavy atom. The summed E-state index contributed by atoms with van der Waals surface area (Å²) in [6, 6.07) is 5.42. The highest BCUT2D eigenvalue weighted by Gasteiger charge is 1.95. The first kappa shape index (κ1) is 8.08. The van der Waals surface area contributed by atoms with E-state index in [4.69, 9.17) is 9.84 Å². The highest BCUT2D eigenvalue weighted by Crippen LogP contribution is 2.15. The zero-order chi connectivity index (χ0) is 8.27. The molecule has 2 heteroatoms. The molecule has 0 atom stereocenters. The molecule has 60 valence electrons. The maximum Gasteiger partial charge on any atom is 0.116 e. The van der Waals surface area contributed by atoms with Crippen LogP contribution in [0.25, 0.3) is 0 Å². The fraction of sp³-hybridized carbons (Fsp3) is 0.333. The monoisotopic (exact) mass is 152 g/mol. The zero-order valence-electron chi connectivity index (χ0n) is 6.79. The number of hydrogen-bond acceptors (Lipinski definition) is 2. The largest absolute Gasteiger partial charge is 0.508 e. The lowest BCUT2D eigenvalue weighted by Gasteiger charge is -2.01.